The number of carbonyl (C=O) groups excluding carboxylic acids is 1. The van der Waals surface area contributed by atoms with Gasteiger partial charge in [0, 0.05) is 31.9 Å². The number of nitrogens with one attached hydrogen (secondary N) is 1. The van der Waals surface area contributed by atoms with Gasteiger partial charge in [-0.05, 0) is 42.5 Å². The lowest BCUT2D eigenvalue weighted by atomic mass is 10.1. The Morgan fingerprint density at radius 3 is 2.27 bits per heavy atom. The van der Waals surface area contributed by atoms with Crippen molar-refractivity contribution < 1.29 is 23.8 Å². The number of hydrogen-bond acceptors (Lipinski definition) is 5. The number of hydrogen-bond donors (Lipinski definition) is 2. The van der Waals surface area contributed by atoms with Gasteiger partial charge in [0.05, 0.1) is 16.9 Å². The van der Waals surface area contributed by atoms with Gasteiger partial charge < -0.3 is 25.0 Å². The number of carboxylic acids is 1. The van der Waals surface area contributed by atoms with E-state index in [1.807, 2.05) is 21.9 Å². The molecule has 33 heavy (non-hydrogen) atoms. The van der Waals surface area contributed by atoms with Crippen molar-refractivity contribution in [2.75, 3.05) is 47.9 Å². The minimum atomic E-state index is -1.14. The maximum absolute atomic E-state index is 14.1. The molecule has 1 saturated heterocycles. The second-order valence-corrected chi connectivity index (χ2v) is 7.61. The molecule has 7 nitrogen and oxygen atoms in total. The Bertz CT molecular complexity index is 1130. The summed E-state index contributed by atoms with van der Waals surface area (Å²) < 4.78 is 19.5. The van der Waals surface area contributed by atoms with Crippen molar-refractivity contribution in [2.24, 2.45) is 0 Å². The molecule has 3 aromatic rings. The van der Waals surface area contributed by atoms with E-state index in [9.17, 15) is 19.1 Å². The molecule has 0 saturated carbocycles. The smallest absolute Gasteiger partial charge is 0.337 e. The largest absolute Gasteiger partial charge is 0.484 e. The van der Waals surface area contributed by atoms with Gasteiger partial charge >= 0.3 is 5.97 Å². The summed E-state index contributed by atoms with van der Waals surface area (Å²) in [5.74, 6) is -1.29. The van der Waals surface area contributed by atoms with E-state index in [1.54, 1.807) is 54.6 Å². The summed E-state index contributed by atoms with van der Waals surface area (Å²) in [6, 6.07) is 20.5. The Labute approximate surface area is 191 Å². The molecule has 1 fully saturated rings. The van der Waals surface area contributed by atoms with Crippen LogP contribution in [0.2, 0.25) is 0 Å². The van der Waals surface area contributed by atoms with Crippen LogP contribution in [-0.4, -0.2) is 49.8 Å². The van der Waals surface area contributed by atoms with E-state index >= 15 is 0 Å². The van der Waals surface area contributed by atoms with Crippen molar-refractivity contribution in [3.63, 3.8) is 0 Å². The van der Waals surface area contributed by atoms with Crippen LogP contribution in [0, 0.1) is 5.82 Å². The predicted octanol–water partition coefficient (Wildman–Crippen LogP) is 3.87. The third-order valence-electron chi connectivity index (χ3n) is 5.46. The second-order valence-electron chi connectivity index (χ2n) is 7.61. The first-order valence-electron chi connectivity index (χ1n) is 10.6. The number of ether oxygens (including phenoxy) is 1. The number of aromatic carboxylic acids is 1. The first kappa shape index (κ1) is 22.1. The zero-order chi connectivity index (χ0) is 23.2. The number of anilines is 3. The van der Waals surface area contributed by atoms with E-state index in [0.29, 0.717) is 37.6 Å². The number of nitrogens with zero attached hydrogens (tertiary/aromatic N) is 2. The monoisotopic (exact) mass is 449 g/mol. The van der Waals surface area contributed by atoms with Gasteiger partial charge in [-0.25, -0.2) is 9.18 Å². The molecular formula is C25H24FN3O4. The molecule has 0 atom stereocenters. The van der Waals surface area contributed by atoms with Crippen molar-refractivity contribution >= 4 is 28.9 Å². The highest BCUT2D eigenvalue weighted by molar-refractivity contribution is 6.01. The van der Waals surface area contributed by atoms with Crippen LogP contribution >= 0.6 is 0 Å². The van der Waals surface area contributed by atoms with Crippen molar-refractivity contribution in [1.29, 1.82) is 0 Å². The van der Waals surface area contributed by atoms with Gasteiger partial charge in [-0.3, -0.25) is 4.79 Å². The van der Waals surface area contributed by atoms with Gasteiger partial charge in [-0.2, -0.15) is 0 Å². The van der Waals surface area contributed by atoms with Crippen LogP contribution in [0.4, 0.5) is 21.5 Å². The molecule has 0 bridgehead atoms. The molecule has 0 radical (unpaired) electrons. The number of amides is 1. The number of piperazine rings is 1. The Morgan fingerprint density at radius 1 is 0.909 bits per heavy atom. The molecule has 0 spiro atoms. The van der Waals surface area contributed by atoms with Crippen molar-refractivity contribution in [3.8, 4) is 5.75 Å². The van der Waals surface area contributed by atoms with Gasteiger partial charge in [0.2, 0.25) is 0 Å². The zero-order valence-electron chi connectivity index (χ0n) is 17.9. The van der Waals surface area contributed by atoms with Crippen LogP contribution in [0.3, 0.4) is 0 Å². The minimum absolute atomic E-state index is 0.00269. The number of rotatable bonds is 7. The van der Waals surface area contributed by atoms with E-state index < -0.39 is 11.9 Å². The third-order valence-corrected chi connectivity index (χ3v) is 5.46. The molecule has 1 amide bonds. The van der Waals surface area contributed by atoms with E-state index in [1.165, 1.54) is 6.07 Å². The molecule has 3 aromatic carbocycles. The van der Waals surface area contributed by atoms with Crippen LogP contribution < -0.4 is 19.9 Å². The van der Waals surface area contributed by atoms with Gasteiger partial charge in [0.15, 0.2) is 6.61 Å². The fourth-order valence-electron chi connectivity index (χ4n) is 3.78. The summed E-state index contributed by atoms with van der Waals surface area (Å²) in [7, 11) is 0. The van der Waals surface area contributed by atoms with Crippen LogP contribution in [0.15, 0.2) is 72.8 Å². The Hall–Kier alpha value is -4.07. The maximum atomic E-state index is 14.1. The first-order chi connectivity index (χ1) is 16.0. The second kappa shape index (κ2) is 10.0. The van der Waals surface area contributed by atoms with E-state index in [0.717, 1.165) is 5.69 Å². The quantitative estimate of drug-likeness (QED) is 0.570. The predicted molar refractivity (Wildman–Crippen MR) is 125 cm³/mol. The summed E-state index contributed by atoms with van der Waals surface area (Å²) in [5, 5.41) is 12.3. The molecule has 170 valence electrons. The minimum Gasteiger partial charge on any atom is -0.484 e. The third kappa shape index (κ3) is 5.41. The average Bonchev–Trinajstić information content (AvgIpc) is 2.84. The molecule has 0 aromatic heterocycles. The van der Waals surface area contributed by atoms with Crippen LogP contribution in [0.5, 0.6) is 5.75 Å². The van der Waals surface area contributed by atoms with Gasteiger partial charge in [-0.15, -0.1) is 0 Å². The molecular weight excluding hydrogens is 425 g/mol. The summed E-state index contributed by atoms with van der Waals surface area (Å²) >= 11 is 0. The highest BCUT2D eigenvalue weighted by atomic mass is 19.1. The Balaban J connectivity index is 1.40. The van der Waals surface area contributed by atoms with E-state index in [2.05, 4.69) is 5.32 Å². The van der Waals surface area contributed by atoms with Crippen LogP contribution in [-0.2, 0) is 4.79 Å². The van der Waals surface area contributed by atoms with E-state index in [-0.39, 0.29) is 23.7 Å². The maximum Gasteiger partial charge on any atom is 0.337 e. The van der Waals surface area contributed by atoms with Gasteiger partial charge in [0.1, 0.15) is 11.6 Å². The van der Waals surface area contributed by atoms with Crippen molar-refractivity contribution in [3.05, 3.63) is 84.2 Å². The highest BCUT2D eigenvalue weighted by Gasteiger charge is 2.21. The van der Waals surface area contributed by atoms with Crippen LogP contribution in [0.25, 0.3) is 0 Å². The lowest BCUT2D eigenvalue weighted by molar-refractivity contribution is -0.118. The fraction of sp³-hybridized carbons (Fsp3) is 0.200. The normalized spacial score (nSPS) is 13.5. The molecule has 4 rings (SSSR count). The summed E-state index contributed by atoms with van der Waals surface area (Å²) in [4.78, 5) is 28.1. The molecule has 0 unspecified atom stereocenters. The van der Waals surface area contributed by atoms with E-state index in [4.69, 9.17) is 4.74 Å². The number of benzene rings is 3. The molecule has 8 heteroatoms. The summed E-state index contributed by atoms with van der Waals surface area (Å²) in [6.45, 7) is 2.22. The first-order valence-corrected chi connectivity index (χ1v) is 10.6. The lowest BCUT2D eigenvalue weighted by Gasteiger charge is -2.37. The molecule has 1 heterocycles. The SMILES string of the molecule is O=C(COc1ccccc1)Nc1ccc(N2CCN(c3ccccc3F)CC2)cc1C(=O)O. The van der Waals surface area contributed by atoms with Gasteiger partial charge in [-0.1, -0.05) is 30.3 Å². The number of carbonyl (C=O) groups is 2. The standard InChI is InChI=1S/C25H24FN3O4/c26-21-8-4-5-9-23(21)29-14-12-28(13-15-29)18-10-11-22(20(16-18)25(31)32)27-24(30)17-33-19-6-2-1-3-7-19/h1-11,16H,12-15,17H2,(H,27,30)(H,31,32). The Morgan fingerprint density at radius 2 is 1.58 bits per heavy atom. The zero-order valence-corrected chi connectivity index (χ0v) is 17.9. The molecule has 1 aliphatic heterocycles. The van der Waals surface area contributed by atoms with Crippen molar-refractivity contribution in [2.45, 2.75) is 0 Å². The summed E-state index contributed by atoms with van der Waals surface area (Å²) in [5.41, 5.74) is 1.51. The molecule has 2 N–H and O–H groups in total. The highest BCUT2D eigenvalue weighted by Crippen LogP contribution is 2.26. The topological polar surface area (TPSA) is 82.1 Å². The fourth-order valence-corrected chi connectivity index (χ4v) is 3.78. The number of carboxylic acid groups (broad SMARTS) is 1. The number of halogens is 1. The summed E-state index contributed by atoms with van der Waals surface area (Å²) in [6.07, 6.45) is 0. The van der Waals surface area contributed by atoms with Crippen molar-refractivity contribution in [1.82, 2.24) is 0 Å². The average molecular weight is 449 g/mol. The van der Waals surface area contributed by atoms with Gasteiger partial charge in [0.25, 0.3) is 5.91 Å². The number of para-hydroxylation sites is 2. The Kier molecular flexibility index (Phi) is 6.73. The van der Waals surface area contributed by atoms with Crippen LogP contribution in [0.1, 0.15) is 10.4 Å². The lowest BCUT2D eigenvalue weighted by Crippen LogP contribution is -2.46. The molecule has 0 aliphatic carbocycles. The molecule has 1 aliphatic rings.